The van der Waals surface area contributed by atoms with Crippen molar-refractivity contribution in [2.24, 2.45) is 17.6 Å². The average Bonchev–Trinajstić information content (AvgIpc) is 3.27. The Morgan fingerprint density at radius 2 is 1.97 bits per heavy atom. The Hall–Kier alpha value is -3.70. The zero-order valence-corrected chi connectivity index (χ0v) is 18.7. The van der Waals surface area contributed by atoms with Crippen molar-refractivity contribution in [1.82, 2.24) is 10.3 Å². The number of benzene rings is 1. The number of rotatable bonds is 3. The van der Waals surface area contributed by atoms with E-state index in [1.54, 1.807) is 13.1 Å². The number of nitrogens with zero attached hydrogens (tertiary/aromatic N) is 1. The number of ketones is 2. The molecule has 3 aliphatic rings. The van der Waals surface area contributed by atoms with Gasteiger partial charge in [0.05, 0.1) is 11.1 Å². The molecule has 1 aromatic heterocycles. The van der Waals surface area contributed by atoms with Crippen molar-refractivity contribution in [3.8, 4) is 0 Å². The molecule has 0 aliphatic heterocycles. The van der Waals surface area contributed by atoms with Gasteiger partial charge in [0.1, 0.15) is 22.6 Å². The first-order valence-corrected chi connectivity index (χ1v) is 10.8. The number of nitrogens with two attached hydrogens (primary N) is 1. The average molecular weight is 468 g/mol. The summed E-state index contributed by atoms with van der Waals surface area (Å²) in [6.45, 7) is 1.50. The number of carbonyl (C=O) groups is 3. The Morgan fingerprint density at radius 1 is 1.26 bits per heavy atom. The van der Waals surface area contributed by atoms with Gasteiger partial charge in [-0.25, -0.2) is 4.98 Å². The Kier molecular flexibility index (Phi) is 4.49. The van der Waals surface area contributed by atoms with Gasteiger partial charge in [0.2, 0.25) is 5.78 Å². The summed E-state index contributed by atoms with van der Waals surface area (Å²) >= 11 is 0. The summed E-state index contributed by atoms with van der Waals surface area (Å²) in [5, 5.41) is 39.8. The lowest BCUT2D eigenvalue weighted by Crippen LogP contribution is -2.68. The maximum absolute atomic E-state index is 13.8. The molecule has 0 saturated heterocycles. The SMILES string of the molecule is CNc1cc2ncoc2c2c1C[C@H]1C[C@H]3C(C)(NC)C(O)=C(C(N)=O)C(=O)[C@@]3(O)C(O)=C1C2=O. The number of allylic oxidation sites excluding steroid dienone is 1. The van der Waals surface area contributed by atoms with E-state index in [1.807, 2.05) is 0 Å². The van der Waals surface area contributed by atoms with E-state index >= 15 is 0 Å². The van der Waals surface area contributed by atoms with Crippen LogP contribution in [0, 0.1) is 11.8 Å². The van der Waals surface area contributed by atoms with Crippen molar-refractivity contribution < 1.29 is 34.1 Å². The van der Waals surface area contributed by atoms with Crippen LogP contribution in [-0.4, -0.2) is 63.0 Å². The van der Waals surface area contributed by atoms with Crippen molar-refractivity contribution in [3.05, 3.63) is 46.3 Å². The summed E-state index contributed by atoms with van der Waals surface area (Å²) in [6.07, 6.45) is 1.55. The van der Waals surface area contributed by atoms with Gasteiger partial charge in [0, 0.05) is 24.2 Å². The highest BCUT2D eigenvalue weighted by Crippen LogP contribution is 2.54. The van der Waals surface area contributed by atoms with Crippen LogP contribution in [0.25, 0.3) is 11.1 Å². The molecule has 1 amide bonds. The van der Waals surface area contributed by atoms with E-state index in [0.29, 0.717) is 23.2 Å². The van der Waals surface area contributed by atoms with Gasteiger partial charge in [-0.1, -0.05) is 0 Å². The van der Waals surface area contributed by atoms with Gasteiger partial charge in [-0.15, -0.1) is 0 Å². The number of likely N-dealkylation sites (N-methyl/N-ethyl adjacent to an activating group) is 1. The lowest BCUT2D eigenvalue weighted by molar-refractivity contribution is -0.150. The molecule has 5 rings (SSSR count). The quantitative estimate of drug-likeness (QED) is 0.349. The first kappa shape index (κ1) is 22.1. The number of aliphatic hydroxyl groups excluding tert-OH is 2. The van der Waals surface area contributed by atoms with E-state index in [2.05, 4.69) is 15.6 Å². The summed E-state index contributed by atoms with van der Waals surface area (Å²) in [6, 6.07) is 1.76. The molecule has 11 nitrogen and oxygen atoms in total. The predicted octanol–water partition coefficient (Wildman–Crippen LogP) is 0.646. The van der Waals surface area contributed by atoms with Crippen molar-refractivity contribution in [2.45, 2.75) is 30.9 Å². The zero-order chi connectivity index (χ0) is 24.7. The maximum atomic E-state index is 13.8. The number of anilines is 1. The van der Waals surface area contributed by atoms with Gasteiger partial charge in [-0.3, -0.25) is 14.4 Å². The number of primary amides is 1. The Morgan fingerprint density at radius 3 is 2.59 bits per heavy atom. The summed E-state index contributed by atoms with van der Waals surface area (Å²) in [7, 11) is 3.20. The van der Waals surface area contributed by atoms with Crippen molar-refractivity contribution in [3.63, 3.8) is 0 Å². The third kappa shape index (κ3) is 2.42. The Bertz CT molecular complexity index is 1370. The number of oxazole rings is 1. The molecular weight excluding hydrogens is 444 g/mol. The van der Waals surface area contributed by atoms with Gasteiger partial charge in [-0.2, -0.15) is 0 Å². The topological polar surface area (TPSA) is 188 Å². The first-order chi connectivity index (χ1) is 16.0. The van der Waals surface area contributed by atoms with Gasteiger partial charge in [0.25, 0.3) is 5.91 Å². The molecule has 0 bridgehead atoms. The summed E-state index contributed by atoms with van der Waals surface area (Å²) in [5.41, 5.74) is 2.44. The molecule has 34 heavy (non-hydrogen) atoms. The standard InChI is InChI=1S/C23H24N4O7/c1-22(26-3)12-5-8-4-9-10(25-2)6-11-17(34-7-27-11)14(9)16(28)13(8)19(30)23(12,33)20(31)15(18(22)29)21(24)32/h6-8,12,25-26,29-30,33H,4-5H2,1-3H3,(H2,24,32)/t8-,12-,22?,23-/m0/s1. The van der Waals surface area contributed by atoms with Gasteiger partial charge < -0.3 is 36.1 Å². The molecule has 0 spiro atoms. The predicted molar refractivity (Wildman–Crippen MR) is 119 cm³/mol. The molecule has 4 atom stereocenters. The van der Waals surface area contributed by atoms with Crippen molar-refractivity contribution in [1.29, 1.82) is 0 Å². The van der Waals surface area contributed by atoms with Gasteiger partial charge in [0.15, 0.2) is 23.4 Å². The van der Waals surface area contributed by atoms with Gasteiger partial charge >= 0.3 is 0 Å². The molecule has 0 fully saturated rings. The van der Waals surface area contributed by atoms with E-state index in [4.69, 9.17) is 10.2 Å². The van der Waals surface area contributed by atoms with E-state index in [-0.39, 0.29) is 23.1 Å². The number of carbonyl (C=O) groups excluding carboxylic acids is 3. The largest absolute Gasteiger partial charge is 0.509 e. The van der Waals surface area contributed by atoms with Crippen molar-refractivity contribution in [2.75, 3.05) is 19.4 Å². The number of aliphatic hydroxyl groups is 3. The molecule has 7 N–H and O–H groups in total. The van der Waals surface area contributed by atoms with Crippen molar-refractivity contribution >= 4 is 34.3 Å². The van der Waals surface area contributed by atoms with Crippen LogP contribution in [0.2, 0.25) is 0 Å². The molecule has 178 valence electrons. The zero-order valence-electron chi connectivity index (χ0n) is 18.7. The van der Waals surface area contributed by atoms with Crippen LogP contribution >= 0.6 is 0 Å². The normalized spacial score (nSPS) is 30.8. The smallest absolute Gasteiger partial charge is 0.255 e. The highest BCUT2D eigenvalue weighted by atomic mass is 16.4. The molecule has 0 radical (unpaired) electrons. The Balaban J connectivity index is 1.79. The molecule has 1 unspecified atom stereocenters. The maximum Gasteiger partial charge on any atom is 0.255 e. The molecule has 11 heteroatoms. The second-order valence-electron chi connectivity index (χ2n) is 9.14. The second kappa shape index (κ2) is 6.90. The number of hydrogen-bond donors (Lipinski definition) is 6. The first-order valence-electron chi connectivity index (χ1n) is 10.8. The number of nitrogens with one attached hydrogen (secondary N) is 2. The highest BCUT2D eigenvalue weighted by molar-refractivity contribution is 6.25. The fourth-order valence-corrected chi connectivity index (χ4v) is 5.87. The summed E-state index contributed by atoms with van der Waals surface area (Å²) in [5.74, 6) is -6.24. The molecule has 1 heterocycles. The molecule has 1 aromatic carbocycles. The van der Waals surface area contributed by atoms with Crippen LogP contribution in [0.4, 0.5) is 5.69 Å². The third-order valence-electron chi connectivity index (χ3n) is 7.74. The lowest BCUT2D eigenvalue weighted by Gasteiger charge is -2.53. The molecule has 2 aromatic rings. The Labute approximate surface area is 193 Å². The van der Waals surface area contributed by atoms with E-state index in [0.717, 1.165) is 0 Å². The van der Waals surface area contributed by atoms with Crippen LogP contribution < -0.4 is 16.4 Å². The van der Waals surface area contributed by atoms with Gasteiger partial charge in [-0.05, 0) is 44.4 Å². The fraction of sp³-hybridized carbons (Fsp3) is 0.391. The minimum absolute atomic E-state index is 0.0534. The van der Waals surface area contributed by atoms with E-state index in [9.17, 15) is 29.7 Å². The second-order valence-corrected chi connectivity index (χ2v) is 9.14. The molecular formula is C23H24N4O7. The number of hydrogen-bond acceptors (Lipinski definition) is 10. The monoisotopic (exact) mass is 468 g/mol. The van der Waals surface area contributed by atoms with E-state index < -0.39 is 57.5 Å². The van der Waals surface area contributed by atoms with Crippen LogP contribution in [0.1, 0.15) is 29.3 Å². The number of Topliss-reactive ketones (excluding diaryl/α,β-unsaturated/α-hetero) is 2. The van der Waals surface area contributed by atoms with Crippen LogP contribution in [0.15, 0.2) is 39.5 Å². The molecule has 3 aliphatic carbocycles. The number of fused-ring (bicyclic) bond motifs is 5. The third-order valence-corrected chi connectivity index (χ3v) is 7.74. The van der Waals surface area contributed by atoms with Crippen LogP contribution in [0.5, 0.6) is 0 Å². The van der Waals surface area contributed by atoms with E-state index in [1.165, 1.54) is 20.4 Å². The number of aromatic nitrogens is 1. The lowest BCUT2D eigenvalue weighted by atomic mass is 9.55. The fourth-order valence-electron chi connectivity index (χ4n) is 5.87. The number of amides is 1. The van der Waals surface area contributed by atoms with Crippen LogP contribution in [0.3, 0.4) is 0 Å². The van der Waals surface area contributed by atoms with Crippen LogP contribution in [-0.2, 0) is 16.0 Å². The minimum atomic E-state index is -2.64. The minimum Gasteiger partial charge on any atom is -0.509 e. The highest BCUT2D eigenvalue weighted by Gasteiger charge is 2.66. The summed E-state index contributed by atoms with van der Waals surface area (Å²) < 4.78 is 5.46. The summed E-state index contributed by atoms with van der Waals surface area (Å²) in [4.78, 5) is 43.2. The molecule has 0 saturated carbocycles.